The molecule has 0 aliphatic rings. The molecule has 0 heterocycles. The molecule has 2 aromatic carbocycles. The zero-order valence-corrected chi connectivity index (χ0v) is 11.4. The summed E-state index contributed by atoms with van der Waals surface area (Å²) in [6, 6.07) is 10.4. The number of nitrogens with one attached hydrogen (secondary N) is 1. The first kappa shape index (κ1) is 14.3. The standard InChI is InChI=1S/C15H11ClF2N2/c1-9(11-2-4-12(16)5-3-11)20-15-13(17)6-10(8-19)7-14(15)18/h2-7,9,20H,1H3. The summed E-state index contributed by atoms with van der Waals surface area (Å²) in [5, 5.41) is 12.0. The summed E-state index contributed by atoms with van der Waals surface area (Å²) in [6.45, 7) is 1.78. The minimum Gasteiger partial charge on any atom is -0.374 e. The highest BCUT2D eigenvalue weighted by molar-refractivity contribution is 6.30. The minimum atomic E-state index is -0.789. The molecule has 0 radical (unpaired) electrons. The van der Waals surface area contributed by atoms with Gasteiger partial charge in [0.05, 0.1) is 11.6 Å². The summed E-state index contributed by atoms with van der Waals surface area (Å²) in [7, 11) is 0. The summed E-state index contributed by atoms with van der Waals surface area (Å²) in [5.41, 5.74) is 0.550. The van der Waals surface area contributed by atoms with Crippen molar-refractivity contribution in [3.8, 4) is 6.07 Å². The maximum Gasteiger partial charge on any atom is 0.150 e. The van der Waals surface area contributed by atoms with Crippen molar-refractivity contribution in [2.24, 2.45) is 0 Å². The van der Waals surface area contributed by atoms with Crippen molar-refractivity contribution in [2.45, 2.75) is 13.0 Å². The smallest absolute Gasteiger partial charge is 0.150 e. The van der Waals surface area contributed by atoms with Crippen molar-refractivity contribution >= 4 is 17.3 Å². The van der Waals surface area contributed by atoms with Crippen LogP contribution in [0.15, 0.2) is 36.4 Å². The highest BCUT2D eigenvalue weighted by Crippen LogP contribution is 2.26. The molecule has 2 rings (SSSR count). The van der Waals surface area contributed by atoms with Gasteiger partial charge in [-0.05, 0) is 36.8 Å². The van der Waals surface area contributed by atoms with Gasteiger partial charge < -0.3 is 5.32 Å². The van der Waals surface area contributed by atoms with E-state index in [-0.39, 0.29) is 17.3 Å². The van der Waals surface area contributed by atoms with Gasteiger partial charge in [0.15, 0.2) is 11.6 Å². The molecule has 102 valence electrons. The predicted molar refractivity (Wildman–Crippen MR) is 74.6 cm³/mol. The van der Waals surface area contributed by atoms with Crippen molar-refractivity contribution in [1.29, 1.82) is 5.26 Å². The number of halogens is 3. The van der Waals surface area contributed by atoms with E-state index in [1.54, 1.807) is 37.3 Å². The SMILES string of the molecule is CC(Nc1c(F)cc(C#N)cc1F)c1ccc(Cl)cc1. The summed E-state index contributed by atoms with van der Waals surface area (Å²) in [6.07, 6.45) is 0. The first-order chi connectivity index (χ1) is 9.51. The topological polar surface area (TPSA) is 35.8 Å². The van der Waals surface area contributed by atoms with Crippen LogP contribution >= 0.6 is 11.6 Å². The van der Waals surface area contributed by atoms with Crippen molar-refractivity contribution in [1.82, 2.24) is 0 Å². The zero-order chi connectivity index (χ0) is 14.7. The number of nitriles is 1. The van der Waals surface area contributed by atoms with E-state index in [2.05, 4.69) is 5.32 Å². The average Bonchev–Trinajstić information content (AvgIpc) is 2.43. The van der Waals surface area contributed by atoms with Gasteiger partial charge in [0.2, 0.25) is 0 Å². The van der Waals surface area contributed by atoms with Gasteiger partial charge in [-0.3, -0.25) is 0 Å². The van der Waals surface area contributed by atoms with Gasteiger partial charge in [0.1, 0.15) is 5.69 Å². The van der Waals surface area contributed by atoms with Gasteiger partial charge in [-0.25, -0.2) is 8.78 Å². The van der Waals surface area contributed by atoms with Crippen LogP contribution in [0, 0.1) is 23.0 Å². The number of benzene rings is 2. The van der Waals surface area contributed by atoms with E-state index in [9.17, 15) is 8.78 Å². The summed E-state index contributed by atoms with van der Waals surface area (Å²) >= 11 is 5.79. The third-order valence-corrected chi connectivity index (χ3v) is 3.15. The fourth-order valence-corrected chi connectivity index (χ4v) is 1.95. The van der Waals surface area contributed by atoms with E-state index in [0.29, 0.717) is 5.02 Å². The summed E-state index contributed by atoms with van der Waals surface area (Å²) < 4.78 is 27.5. The van der Waals surface area contributed by atoms with Gasteiger partial charge in [0, 0.05) is 11.1 Å². The Morgan fingerprint density at radius 2 is 1.70 bits per heavy atom. The Balaban J connectivity index is 2.26. The summed E-state index contributed by atoms with van der Waals surface area (Å²) in [5.74, 6) is -1.58. The molecular weight excluding hydrogens is 282 g/mol. The van der Waals surface area contributed by atoms with Crippen LogP contribution in [-0.4, -0.2) is 0 Å². The second kappa shape index (κ2) is 5.89. The third kappa shape index (κ3) is 3.06. The minimum absolute atomic E-state index is 0.0512. The predicted octanol–water partition coefficient (Wildman–Crippen LogP) is 4.66. The molecule has 5 heteroatoms. The Hall–Kier alpha value is -2.12. The van der Waals surface area contributed by atoms with Crippen molar-refractivity contribution in [3.05, 3.63) is 64.2 Å². The second-order valence-electron chi connectivity index (χ2n) is 4.34. The Kier molecular flexibility index (Phi) is 4.21. The first-order valence-corrected chi connectivity index (χ1v) is 6.30. The largest absolute Gasteiger partial charge is 0.374 e. The Labute approximate surface area is 120 Å². The zero-order valence-electron chi connectivity index (χ0n) is 10.6. The lowest BCUT2D eigenvalue weighted by Gasteiger charge is -2.17. The fraction of sp³-hybridized carbons (Fsp3) is 0.133. The van der Waals surface area contributed by atoms with Crippen LogP contribution in [0.1, 0.15) is 24.1 Å². The van der Waals surface area contributed by atoms with Crippen LogP contribution in [-0.2, 0) is 0 Å². The molecule has 1 atom stereocenters. The van der Waals surface area contributed by atoms with Crippen LogP contribution < -0.4 is 5.32 Å². The number of hydrogen-bond donors (Lipinski definition) is 1. The molecule has 0 aromatic heterocycles. The van der Waals surface area contributed by atoms with Crippen molar-refractivity contribution in [3.63, 3.8) is 0 Å². The van der Waals surface area contributed by atoms with E-state index in [1.165, 1.54) is 0 Å². The molecule has 1 unspecified atom stereocenters. The highest BCUT2D eigenvalue weighted by atomic mass is 35.5. The molecule has 0 fully saturated rings. The average molecular weight is 293 g/mol. The van der Waals surface area contributed by atoms with Crippen LogP contribution in [0.3, 0.4) is 0 Å². The van der Waals surface area contributed by atoms with Crippen LogP contribution in [0.4, 0.5) is 14.5 Å². The number of hydrogen-bond acceptors (Lipinski definition) is 2. The van der Waals surface area contributed by atoms with Gasteiger partial charge >= 0.3 is 0 Å². The first-order valence-electron chi connectivity index (χ1n) is 5.92. The molecule has 0 saturated carbocycles. The van der Waals surface area contributed by atoms with Crippen LogP contribution in [0.5, 0.6) is 0 Å². The fourth-order valence-electron chi connectivity index (χ4n) is 1.83. The summed E-state index contributed by atoms with van der Waals surface area (Å²) in [4.78, 5) is 0. The van der Waals surface area contributed by atoms with E-state index in [0.717, 1.165) is 17.7 Å². The normalized spacial score (nSPS) is 11.8. The van der Waals surface area contributed by atoms with E-state index in [1.807, 2.05) is 0 Å². The van der Waals surface area contributed by atoms with E-state index in [4.69, 9.17) is 16.9 Å². The Morgan fingerprint density at radius 1 is 1.15 bits per heavy atom. The number of rotatable bonds is 3. The van der Waals surface area contributed by atoms with Gasteiger partial charge in [0.25, 0.3) is 0 Å². The number of nitrogens with zero attached hydrogens (tertiary/aromatic N) is 1. The Morgan fingerprint density at radius 3 is 2.20 bits per heavy atom. The van der Waals surface area contributed by atoms with Crippen molar-refractivity contribution in [2.75, 3.05) is 5.32 Å². The van der Waals surface area contributed by atoms with Crippen LogP contribution in [0.25, 0.3) is 0 Å². The lowest BCUT2D eigenvalue weighted by molar-refractivity contribution is 0.584. The van der Waals surface area contributed by atoms with Gasteiger partial charge in [-0.1, -0.05) is 23.7 Å². The molecule has 0 amide bonds. The van der Waals surface area contributed by atoms with Crippen LogP contribution in [0.2, 0.25) is 5.02 Å². The molecule has 0 spiro atoms. The molecule has 0 bridgehead atoms. The Bertz CT molecular complexity index is 640. The molecule has 20 heavy (non-hydrogen) atoms. The molecule has 0 saturated heterocycles. The molecular formula is C15H11ClF2N2. The quantitative estimate of drug-likeness (QED) is 0.893. The number of anilines is 1. The molecule has 1 N–H and O–H groups in total. The van der Waals surface area contributed by atoms with E-state index >= 15 is 0 Å². The van der Waals surface area contributed by atoms with E-state index < -0.39 is 11.6 Å². The second-order valence-corrected chi connectivity index (χ2v) is 4.78. The highest BCUT2D eigenvalue weighted by Gasteiger charge is 2.14. The van der Waals surface area contributed by atoms with Gasteiger partial charge in [-0.2, -0.15) is 5.26 Å². The van der Waals surface area contributed by atoms with Crippen molar-refractivity contribution < 1.29 is 8.78 Å². The van der Waals surface area contributed by atoms with Gasteiger partial charge in [-0.15, -0.1) is 0 Å². The third-order valence-electron chi connectivity index (χ3n) is 2.90. The lowest BCUT2D eigenvalue weighted by atomic mass is 10.1. The molecule has 2 aromatic rings. The molecule has 0 aliphatic carbocycles. The molecule has 2 nitrogen and oxygen atoms in total. The maximum atomic E-state index is 13.8. The maximum absolute atomic E-state index is 13.8. The monoisotopic (exact) mass is 292 g/mol. The lowest BCUT2D eigenvalue weighted by Crippen LogP contribution is -2.09. The molecule has 0 aliphatic heterocycles.